The number of amides is 3. The van der Waals surface area contributed by atoms with E-state index in [1.54, 1.807) is 37.2 Å². The molecule has 7 heteroatoms. The first-order chi connectivity index (χ1) is 9.90. The van der Waals surface area contributed by atoms with E-state index in [1.165, 1.54) is 4.90 Å². The molecule has 1 fully saturated rings. The smallest absolute Gasteiger partial charge is 0.322 e. The van der Waals surface area contributed by atoms with E-state index in [4.69, 9.17) is 23.2 Å². The Hall–Kier alpha value is -1.46. The number of anilines is 1. The third-order valence-corrected chi connectivity index (χ3v) is 4.15. The fourth-order valence-electron chi connectivity index (χ4n) is 2.33. The van der Waals surface area contributed by atoms with Gasteiger partial charge in [0.2, 0.25) is 5.91 Å². The maximum Gasteiger partial charge on any atom is 0.322 e. The summed E-state index contributed by atoms with van der Waals surface area (Å²) >= 11 is 11.8. The Labute approximate surface area is 133 Å². The molecule has 1 heterocycles. The molecule has 0 spiro atoms. The number of carbonyl (C=O) groups excluding carboxylic acids is 2. The lowest BCUT2D eigenvalue weighted by atomic mass is 10.2. The summed E-state index contributed by atoms with van der Waals surface area (Å²) in [4.78, 5) is 27.5. The first kappa shape index (κ1) is 15.9. The predicted molar refractivity (Wildman–Crippen MR) is 83.9 cm³/mol. The van der Waals surface area contributed by atoms with Crippen molar-refractivity contribution in [3.63, 3.8) is 0 Å². The first-order valence-electron chi connectivity index (χ1n) is 6.64. The molecule has 1 atom stereocenters. The van der Waals surface area contributed by atoms with Crippen LogP contribution >= 0.6 is 23.2 Å². The van der Waals surface area contributed by atoms with Gasteiger partial charge in [0.15, 0.2) is 0 Å². The van der Waals surface area contributed by atoms with Gasteiger partial charge in [0.1, 0.15) is 6.04 Å². The minimum Gasteiger partial charge on any atom is -0.347 e. The van der Waals surface area contributed by atoms with Crippen molar-refractivity contribution in [2.24, 2.45) is 0 Å². The largest absolute Gasteiger partial charge is 0.347 e. The lowest BCUT2D eigenvalue weighted by Gasteiger charge is -2.26. The number of halogens is 2. The average molecular weight is 330 g/mol. The van der Waals surface area contributed by atoms with Gasteiger partial charge in [0, 0.05) is 26.3 Å². The van der Waals surface area contributed by atoms with Crippen LogP contribution in [0.2, 0.25) is 10.0 Å². The molecule has 1 unspecified atom stereocenters. The molecular weight excluding hydrogens is 313 g/mol. The van der Waals surface area contributed by atoms with Crippen molar-refractivity contribution in [3.05, 3.63) is 28.2 Å². The van der Waals surface area contributed by atoms with Gasteiger partial charge in [0.05, 0.1) is 10.0 Å². The molecule has 1 aliphatic rings. The summed E-state index contributed by atoms with van der Waals surface area (Å²) in [5.41, 5.74) is 0.553. The number of carbonyl (C=O) groups is 2. The van der Waals surface area contributed by atoms with Gasteiger partial charge in [-0.25, -0.2) is 4.79 Å². The molecule has 1 saturated heterocycles. The summed E-state index contributed by atoms with van der Waals surface area (Å²) in [5.74, 6) is -0.0585. The summed E-state index contributed by atoms with van der Waals surface area (Å²) in [6, 6.07) is 4.17. The third-order valence-electron chi connectivity index (χ3n) is 3.41. The van der Waals surface area contributed by atoms with Gasteiger partial charge in [-0.3, -0.25) is 4.79 Å². The Bertz CT molecular complexity index is 563. The van der Waals surface area contributed by atoms with E-state index in [-0.39, 0.29) is 11.9 Å². The number of hydrogen-bond acceptors (Lipinski definition) is 2. The first-order valence-corrected chi connectivity index (χ1v) is 7.39. The molecule has 1 aromatic rings. The molecule has 2 rings (SSSR count). The molecule has 114 valence electrons. The Morgan fingerprint density at radius 3 is 2.62 bits per heavy atom. The van der Waals surface area contributed by atoms with Crippen molar-refractivity contribution in [1.29, 1.82) is 0 Å². The van der Waals surface area contributed by atoms with Crippen LogP contribution in [0.25, 0.3) is 0 Å². The summed E-state index contributed by atoms with van der Waals surface area (Å²) in [6.45, 7) is 0.567. The number of rotatable bonds is 2. The minimum atomic E-state index is -0.400. The van der Waals surface area contributed by atoms with Crippen LogP contribution in [0.5, 0.6) is 0 Å². The average Bonchev–Trinajstić information content (AvgIpc) is 2.91. The lowest BCUT2D eigenvalue weighted by molar-refractivity contribution is -0.132. The summed E-state index contributed by atoms with van der Waals surface area (Å²) < 4.78 is 0. The molecule has 3 amide bonds. The van der Waals surface area contributed by atoms with Crippen molar-refractivity contribution in [2.45, 2.75) is 18.9 Å². The maximum atomic E-state index is 12.3. The minimum absolute atomic E-state index is 0.0585. The lowest BCUT2D eigenvalue weighted by Crippen LogP contribution is -2.47. The molecule has 5 nitrogen and oxygen atoms in total. The molecule has 21 heavy (non-hydrogen) atoms. The monoisotopic (exact) mass is 329 g/mol. The number of urea groups is 1. The van der Waals surface area contributed by atoms with E-state index in [0.29, 0.717) is 28.7 Å². The molecule has 1 N–H and O–H groups in total. The van der Waals surface area contributed by atoms with Crippen LogP contribution in [0, 0.1) is 0 Å². The Balaban J connectivity index is 2.08. The summed E-state index contributed by atoms with van der Waals surface area (Å²) in [6.07, 6.45) is 1.50. The third kappa shape index (κ3) is 3.60. The zero-order chi connectivity index (χ0) is 15.6. The van der Waals surface area contributed by atoms with Gasteiger partial charge in [-0.1, -0.05) is 23.2 Å². The van der Waals surface area contributed by atoms with Crippen molar-refractivity contribution >= 4 is 40.8 Å². The molecule has 0 aromatic heterocycles. The molecule has 1 aromatic carbocycles. The van der Waals surface area contributed by atoms with Crippen LogP contribution in [-0.4, -0.2) is 48.4 Å². The van der Waals surface area contributed by atoms with Crippen LogP contribution in [-0.2, 0) is 4.79 Å². The van der Waals surface area contributed by atoms with Crippen molar-refractivity contribution < 1.29 is 9.59 Å². The van der Waals surface area contributed by atoms with Gasteiger partial charge in [-0.2, -0.15) is 0 Å². The Kier molecular flexibility index (Phi) is 4.96. The molecule has 0 aliphatic carbocycles. The SMILES string of the molecule is CN(C)C(=O)C1CCCN1C(=O)Nc1ccc(Cl)c(Cl)c1. The van der Waals surface area contributed by atoms with Crippen LogP contribution in [0.4, 0.5) is 10.5 Å². The normalized spacial score (nSPS) is 17.7. The van der Waals surface area contributed by atoms with E-state index < -0.39 is 6.04 Å². The molecule has 0 bridgehead atoms. The van der Waals surface area contributed by atoms with Crippen LogP contribution in [0.3, 0.4) is 0 Å². The number of nitrogens with zero attached hydrogens (tertiary/aromatic N) is 2. The van der Waals surface area contributed by atoms with Gasteiger partial charge in [-0.15, -0.1) is 0 Å². The molecule has 1 aliphatic heterocycles. The summed E-state index contributed by atoms with van der Waals surface area (Å²) in [5, 5.41) is 3.55. The maximum absolute atomic E-state index is 12.3. The second kappa shape index (κ2) is 6.54. The number of nitrogens with one attached hydrogen (secondary N) is 1. The van der Waals surface area contributed by atoms with Crippen molar-refractivity contribution in [3.8, 4) is 0 Å². The fraction of sp³-hybridized carbons (Fsp3) is 0.429. The zero-order valence-corrected chi connectivity index (χ0v) is 13.4. The standard InChI is InChI=1S/C14H17Cl2N3O2/c1-18(2)13(20)12-4-3-7-19(12)14(21)17-9-5-6-10(15)11(16)8-9/h5-6,8,12H,3-4,7H2,1-2H3,(H,17,21). The Morgan fingerprint density at radius 2 is 2.00 bits per heavy atom. The zero-order valence-electron chi connectivity index (χ0n) is 11.9. The molecule has 0 radical (unpaired) electrons. The second-order valence-corrected chi connectivity index (χ2v) is 5.96. The van der Waals surface area contributed by atoms with E-state index in [9.17, 15) is 9.59 Å². The van der Waals surface area contributed by atoms with E-state index in [0.717, 1.165) is 6.42 Å². The number of hydrogen-bond donors (Lipinski definition) is 1. The second-order valence-electron chi connectivity index (χ2n) is 5.14. The highest BCUT2D eigenvalue weighted by Gasteiger charge is 2.34. The van der Waals surface area contributed by atoms with Gasteiger partial charge < -0.3 is 15.1 Å². The summed E-state index contributed by atoms with van der Waals surface area (Å²) in [7, 11) is 3.38. The molecule has 0 saturated carbocycles. The van der Waals surface area contributed by atoms with Gasteiger partial charge in [0.25, 0.3) is 0 Å². The predicted octanol–water partition coefficient (Wildman–Crippen LogP) is 3.08. The highest BCUT2D eigenvalue weighted by Crippen LogP contribution is 2.26. The topological polar surface area (TPSA) is 52.7 Å². The van der Waals surface area contributed by atoms with Crippen LogP contribution < -0.4 is 5.32 Å². The van der Waals surface area contributed by atoms with E-state index in [1.807, 2.05) is 0 Å². The fourth-order valence-corrected chi connectivity index (χ4v) is 2.63. The molecular formula is C14H17Cl2N3O2. The highest BCUT2D eigenvalue weighted by molar-refractivity contribution is 6.42. The van der Waals surface area contributed by atoms with Crippen LogP contribution in [0.1, 0.15) is 12.8 Å². The van der Waals surface area contributed by atoms with Crippen molar-refractivity contribution in [2.75, 3.05) is 26.0 Å². The number of likely N-dealkylation sites (N-methyl/N-ethyl adjacent to an activating group) is 1. The number of likely N-dealkylation sites (tertiary alicyclic amines) is 1. The van der Waals surface area contributed by atoms with Gasteiger partial charge >= 0.3 is 6.03 Å². The van der Waals surface area contributed by atoms with Crippen molar-refractivity contribution in [1.82, 2.24) is 9.80 Å². The highest BCUT2D eigenvalue weighted by atomic mass is 35.5. The quantitative estimate of drug-likeness (QED) is 0.906. The van der Waals surface area contributed by atoms with Gasteiger partial charge in [-0.05, 0) is 31.0 Å². The Morgan fingerprint density at radius 1 is 1.29 bits per heavy atom. The van der Waals surface area contributed by atoms with E-state index in [2.05, 4.69) is 5.32 Å². The number of benzene rings is 1. The van der Waals surface area contributed by atoms with E-state index >= 15 is 0 Å². The van der Waals surface area contributed by atoms with Crippen LogP contribution in [0.15, 0.2) is 18.2 Å².